The van der Waals surface area contributed by atoms with Gasteiger partial charge in [-0.15, -0.1) is 0 Å². The maximum Gasteiger partial charge on any atom is 0.319 e. The number of methoxy groups -OCH3 is 3. The average Bonchev–Trinajstić information content (AvgIpc) is 3.04. The summed E-state index contributed by atoms with van der Waals surface area (Å²) in [6.07, 6.45) is 3.29. The van der Waals surface area contributed by atoms with Crippen LogP contribution in [0.2, 0.25) is 0 Å². The molecule has 5 aliphatic rings. The highest BCUT2D eigenvalue weighted by Crippen LogP contribution is 2.60. The van der Waals surface area contributed by atoms with E-state index in [1.807, 2.05) is 6.07 Å². The third-order valence-corrected chi connectivity index (χ3v) is 7.91. The fourth-order valence-corrected chi connectivity index (χ4v) is 6.81. The van der Waals surface area contributed by atoms with E-state index in [9.17, 15) is 9.90 Å². The molecule has 0 aromatic heterocycles. The summed E-state index contributed by atoms with van der Waals surface area (Å²) in [4.78, 5) is 20.9. The maximum atomic E-state index is 13.5. The van der Waals surface area contributed by atoms with Crippen molar-refractivity contribution in [2.24, 2.45) is 22.2 Å². The summed E-state index contributed by atoms with van der Waals surface area (Å²) in [5.74, 6) is 1.62. The van der Waals surface area contributed by atoms with Crippen LogP contribution in [0.25, 0.3) is 0 Å². The lowest BCUT2D eigenvalue weighted by molar-refractivity contribution is -0.164. The Morgan fingerprint density at radius 3 is 2.67 bits per heavy atom. The third kappa shape index (κ3) is 2.33. The maximum absolute atomic E-state index is 13.5. The van der Waals surface area contributed by atoms with Crippen LogP contribution < -0.4 is 9.47 Å². The molecule has 0 radical (unpaired) electrons. The first kappa shape index (κ1) is 19.8. The molecule has 1 saturated carbocycles. The molecule has 4 heterocycles. The minimum atomic E-state index is -1.32. The topological polar surface area (TPSA) is 80.6 Å². The summed E-state index contributed by atoms with van der Waals surface area (Å²) in [6, 6.07) is 3.62. The highest BCUT2D eigenvalue weighted by atomic mass is 16.5. The smallest absolute Gasteiger partial charge is 0.319 e. The summed E-state index contributed by atoms with van der Waals surface area (Å²) < 4.78 is 16.4. The molecular formula is C23H30N2O5. The van der Waals surface area contributed by atoms with Crippen LogP contribution in [0.3, 0.4) is 0 Å². The molecule has 4 fully saturated rings. The van der Waals surface area contributed by atoms with Gasteiger partial charge in [0.25, 0.3) is 0 Å². The number of rotatable bonds is 4. The number of fused-ring (bicyclic) bond motifs is 4. The van der Waals surface area contributed by atoms with E-state index in [4.69, 9.17) is 19.2 Å². The normalized spacial score (nSPS) is 38.2. The van der Waals surface area contributed by atoms with Crippen molar-refractivity contribution in [3.8, 4) is 11.5 Å². The number of benzene rings is 1. The molecule has 4 aliphatic heterocycles. The molecule has 6 rings (SSSR count). The Morgan fingerprint density at radius 2 is 2.00 bits per heavy atom. The fourth-order valence-electron chi connectivity index (χ4n) is 6.81. The minimum absolute atomic E-state index is 0.00540. The minimum Gasteiger partial charge on any atom is -0.493 e. The van der Waals surface area contributed by atoms with E-state index in [0.717, 1.165) is 25.9 Å². The lowest BCUT2D eigenvalue weighted by atomic mass is 9.54. The van der Waals surface area contributed by atoms with Crippen LogP contribution in [0, 0.1) is 17.3 Å². The van der Waals surface area contributed by atoms with Gasteiger partial charge in [-0.1, -0.05) is 13.3 Å². The summed E-state index contributed by atoms with van der Waals surface area (Å²) in [6.45, 7) is 3.89. The molecule has 4 bridgehead atoms. The molecule has 3 saturated heterocycles. The highest BCUT2D eigenvalue weighted by molar-refractivity contribution is 6.15. The lowest BCUT2D eigenvalue weighted by Crippen LogP contribution is -2.68. The molecular weight excluding hydrogens is 384 g/mol. The van der Waals surface area contributed by atoms with Crippen LogP contribution in [0.4, 0.5) is 5.69 Å². The number of ether oxygens (including phenoxy) is 3. The molecule has 7 nitrogen and oxygen atoms in total. The van der Waals surface area contributed by atoms with Crippen molar-refractivity contribution >= 4 is 17.4 Å². The number of hydrogen-bond donors (Lipinski definition) is 1. The number of carbonyl (C=O) groups is 1. The number of nitrogens with zero attached hydrogens (tertiary/aromatic N) is 2. The van der Waals surface area contributed by atoms with Crippen molar-refractivity contribution in [1.29, 1.82) is 0 Å². The van der Waals surface area contributed by atoms with Gasteiger partial charge >= 0.3 is 5.97 Å². The van der Waals surface area contributed by atoms with Gasteiger partial charge in [-0.3, -0.25) is 14.7 Å². The monoisotopic (exact) mass is 414 g/mol. The van der Waals surface area contributed by atoms with E-state index in [-0.39, 0.29) is 12.0 Å². The molecule has 0 amide bonds. The Bertz CT molecular complexity index is 930. The van der Waals surface area contributed by atoms with Crippen LogP contribution in [0.1, 0.15) is 38.2 Å². The summed E-state index contributed by atoms with van der Waals surface area (Å²) in [7, 11) is 4.61. The van der Waals surface area contributed by atoms with Crippen molar-refractivity contribution in [3.63, 3.8) is 0 Å². The van der Waals surface area contributed by atoms with Gasteiger partial charge in [0.1, 0.15) is 11.0 Å². The number of aliphatic hydroxyl groups is 1. The van der Waals surface area contributed by atoms with Crippen molar-refractivity contribution in [1.82, 2.24) is 4.90 Å². The molecule has 0 spiro atoms. The van der Waals surface area contributed by atoms with Gasteiger partial charge in [0.15, 0.2) is 11.5 Å². The Labute approximate surface area is 177 Å². The van der Waals surface area contributed by atoms with E-state index in [0.29, 0.717) is 53.1 Å². The van der Waals surface area contributed by atoms with Crippen LogP contribution in [-0.2, 0) is 15.1 Å². The Morgan fingerprint density at radius 1 is 1.27 bits per heavy atom. The lowest BCUT2D eigenvalue weighted by Gasteiger charge is -2.58. The van der Waals surface area contributed by atoms with Crippen molar-refractivity contribution in [2.45, 2.75) is 44.2 Å². The first-order valence-corrected chi connectivity index (χ1v) is 10.8. The van der Waals surface area contributed by atoms with Gasteiger partial charge in [-0.2, -0.15) is 0 Å². The van der Waals surface area contributed by atoms with E-state index < -0.39 is 11.0 Å². The first-order valence-electron chi connectivity index (χ1n) is 10.8. The molecule has 1 aromatic rings. The summed E-state index contributed by atoms with van der Waals surface area (Å²) in [5.41, 5.74) is -0.350. The SMILES string of the molecule is CC[C@@H]1C[C@@H]2CN3CC[C@]4(O)C(=Nc5cc(OC)c(OC)cc54)[C@@](C(=O)OC)(C2)[C@@H]13. The zero-order valence-electron chi connectivity index (χ0n) is 18.1. The van der Waals surface area contributed by atoms with E-state index in [1.165, 1.54) is 7.11 Å². The summed E-state index contributed by atoms with van der Waals surface area (Å²) >= 11 is 0. The highest BCUT2D eigenvalue weighted by Gasteiger charge is 2.68. The van der Waals surface area contributed by atoms with Gasteiger partial charge < -0.3 is 19.3 Å². The molecule has 7 heteroatoms. The van der Waals surface area contributed by atoms with Crippen LogP contribution in [0.5, 0.6) is 11.5 Å². The Balaban J connectivity index is 1.75. The number of aliphatic imine (C=N–C) groups is 1. The summed E-state index contributed by atoms with van der Waals surface area (Å²) in [5, 5.41) is 12.1. The Kier molecular flexibility index (Phi) is 4.42. The van der Waals surface area contributed by atoms with Gasteiger partial charge in [0.05, 0.1) is 32.7 Å². The number of carbonyl (C=O) groups excluding carboxylic acids is 1. The van der Waals surface area contributed by atoms with Gasteiger partial charge in [0, 0.05) is 30.8 Å². The van der Waals surface area contributed by atoms with Gasteiger partial charge in [0.2, 0.25) is 0 Å². The number of piperidine rings is 2. The van der Waals surface area contributed by atoms with Crippen LogP contribution in [0.15, 0.2) is 17.1 Å². The first-order chi connectivity index (χ1) is 14.4. The molecule has 162 valence electrons. The number of hydrogen-bond acceptors (Lipinski definition) is 7. The number of esters is 1. The molecule has 1 N–H and O–H groups in total. The molecule has 1 aromatic carbocycles. The van der Waals surface area contributed by atoms with Gasteiger partial charge in [-0.25, -0.2) is 0 Å². The zero-order chi connectivity index (χ0) is 21.3. The van der Waals surface area contributed by atoms with Gasteiger partial charge in [-0.05, 0) is 37.2 Å². The second-order valence-corrected chi connectivity index (χ2v) is 9.17. The largest absolute Gasteiger partial charge is 0.493 e. The van der Waals surface area contributed by atoms with E-state index in [1.54, 1.807) is 20.3 Å². The fraction of sp³-hybridized carbons (Fsp3) is 0.652. The predicted octanol–water partition coefficient (Wildman–Crippen LogP) is 2.66. The van der Waals surface area contributed by atoms with Crippen LogP contribution in [-0.4, -0.2) is 62.1 Å². The van der Waals surface area contributed by atoms with Crippen molar-refractivity contribution in [3.05, 3.63) is 17.7 Å². The average molecular weight is 415 g/mol. The van der Waals surface area contributed by atoms with Crippen molar-refractivity contribution in [2.75, 3.05) is 34.4 Å². The zero-order valence-corrected chi connectivity index (χ0v) is 18.1. The van der Waals surface area contributed by atoms with Crippen LogP contribution >= 0.6 is 0 Å². The molecule has 1 aliphatic carbocycles. The quantitative estimate of drug-likeness (QED) is 0.763. The van der Waals surface area contributed by atoms with E-state index in [2.05, 4.69) is 11.8 Å². The third-order valence-electron chi connectivity index (χ3n) is 7.91. The van der Waals surface area contributed by atoms with E-state index >= 15 is 0 Å². The second-order valence-electron chi connectivity index (χ2n) is 9.17. The Hall–Kier alpha value is -2.12. The second kappa shape index (κ2) is 6.69. The standard InChI is InChI=1S/C23H30N2O5/c1-5-14-8-13-11-22(21(26)30-4)19(14)25(12-13)7-6-23(27)15-9-17(28-2)18(29-3)10-16(15)24-20(22)23/h9-10,13-14,19,27H,5-8,11-12H2,1-4H3/t13-,14+,19+,22+,23+/m0/s1. The molecule has 6 atom stereocenters. The molecule has 30 heavy (non-hydrogen) atoms. The van der Waals surface area contributed by atoms with Crippen molar-refractivity contribution < 1.29 is 24.1 Å². The predicted molar refractivity (Wildman–Crippen MR) is 111 cm³/mol. The molecule has 1 unspecified atom stereocenters.